The van der Waals surface area contributed by atoms with Gasteiger partial charge < -0.3 is 4.40 Å². The number of hydrogen-bond donors (Lipinski definition) is 0. The van der Waals surface area contributed by atoms with E-state index < -0.39 is 0 Å². The van der Waals surface area contributed by atoms with Gasteiger partial charge in [-0.05, 0) is 12.1 Å². The first-order chi connectivity index (χ1) is 6.31. The molecule has 0 atom stereocenters. The number of halogens is 1. The van der Waals surface area contributed by atoms with Crippen LogP contribution in [0.5, 0.6) is 0 Å². The van der Waals surface area contributed by atoms with Crippen LogP contribution in [0.25, 0.3) is 5.65 Å². The van der Waals surface area contributed by atoms with Crippen molar-refractivity contribution in [3.63, 3.8) is 0 Å². The van der Waals surface area contributed by atoms with Crippen molar-refractivity contribution < 1.29 is 0 Å². The van der Waals surface area contributed by atoms with Crippen molar-refractivity contribution in [2.24, 2.45) is 0 Å². The standard InChI is InChI=1S/C9H6ClN3/c10-7-1-2-9-12-5-8(3-4-11)13(9)6-7/h1-2,5-6H,3H2. The fraction of sp³-hybridized carbons (Fsp3) is 0.111. The summed E-state index contributed by atoms with van der Waals surface area (Å²) in [6, 6.07) is 5.68. The Bertz CT molecular complexity index is 481. The second-order valence-corrected chi connectivity index (χ2v) is 3.10. The molecule has 0 saturated heterocycles. The Balaban J connectivity index is 2.66. The number of imidazole rings is 1. The average molecular weight is 192 g/mol. The zero-order chi connectivity index (χ0) is 9.26. The zero-order valence-electron chi connectivity index (χ0n) is 6.74. The predicted octanol–water partition coefficient (Wildman–Crippen LogP) is 2.05. The van der Waals surface area contributed by atoms with E-state index in [4.69, 9.17) is 16.9 Å². The maximum atomic E-state index is 8.54. The van der Waals surface area contributed by atoms with Crippen molar-refractivity contribution in [3.05, 3.63) is 35.2 Å². The van der Waals surface area contributed by atoms with Gasteiger partial charge in [-0.15, -0.1) is 0 Å². The SMILES string of the molecule is N#CCc1cnc2ccc(Cl)cn12. The van der Waals surface area contributed by atoms with Crippen molar-refractivity contribution in [2.75, 3.05) is 0 Å². The van der Waals surface area contributed by atoms with Gasteiger partial charge in [0.1, 0.15) is 5.65 Å². The highest BCUT2D eigenvalue weighted by molar-refractivity contribution is 6.30. The molecule has 2 aromatic heterocycles. The van der Waals surface area contributed by atoms with Crippen LogP contribution in [-0.4, -0.2) is 9.38 Å². The normalized spacial score (nSPS) is 10.2. The second kappa shape index (κ2) is 3.08. The van der Waals surface area contributed by atoms with E-state index in [-0.39, 0.29) is 0 Å². The lowest BCUT2D eigenvalue weighted by molar-refractivity contribution is 1.05. The molecule has 0 aromatic carbocycles. The molecule has 0 radical (unpaired) electrons. The maximum absolute atomic E-state index is 8.54. The van der Waals surface area contributed by atoms with Gasteiger partial charge in [0.15, 0.2) is 0 Å². The zero-order valence-corrected chi connectivity index (χ0v) is 7.49. The molecule has 0 amide bonds. The lowest BCUT2D eigenvalue weighted by atomic mass is 10.3. The number of nitrogens with zero attached hydrogens (tertiary/aromatic N) is 3. The van der Waals surface area contributed by atoms with Crippen LogP contribution in [0, 0.1) is 11.3 Å². The van der Waals surface area contributed by atoms with Crippen molar-refractivity contribution in [1.29, 1.82) is 5.26 Å². The molecule has 0 aliphatic rings. The predicted molar refractivity (Wildman–Crippen MR) is 49.5 cm³/mol. The van der Waals surface area contributed by atoms with E-state index in [2.05, 4.69) is 11.1 Å². The van der Waals surface area contributed by atoms with Gasteiger partial charge in [0, 0.05) is 6.20 Å². The molecule has 2 rings (SSSR count). The van der Waals surface area contributed by atoms with Gasteiger partial charge >= 0.3 is 0 Å². The van der Waals surface area contributed by atoms with Crippen LogP contribution in [-0.2, 0) is 6.42 Å². The van der Waals surface area contributed by atoms with Crippen molar-refractivity contribution in [1.82, 2.24) is 9.38 Å². The summed E-state index contributed by atoms with van der Waals surface area (Å²) < 4.78 is 1.82. The van der Waals surface area contributed by atoms with Crippen LogP contribution >= 0.6 is 11.6 Å². The third-order valence-electron chi connectivity index (χ3n) is 1.81. The lowest BCUT2D eigenvalue weighted by Crippen LogP contribution is -1.90. The summed E-state index contributed by atoms with van der Waals surface area (Å²) in [4.78, 5) is 4.13. The minimum atomic E-state index is 0.349. The second-order valence-electron chi connectivity index (χ2n) is 2.66. The van der Waals surface area contributed by atoms with E-state index in [0.717, 1.165) is 11.3 Å². The molecular formula is C9H6ClN3. The van der Waals surface area contributed by atoms with Gasteiger partial charge in [-0.25, -0.2) is 4.98 Å². The van der Waals surface area contributed by atoms with Crippen LogP contribution in [0.4, 0.5) is 0 Å². The Labute approximate surface area is 80.2 Å². The number of fused-ring (bicyclic) bond motifs is 1. The van der Waals surface area contributed by atoms with Crippen LogP contribution in [0.15, 0.2) is 24.5 Å². The monoisotopic (exact) mass is 191 g/mol. The molecule has 64 valence electrons. The Hall–Kier alpha value is -1.53. The molecule has 0 unspecified atom stereocenters. The summed E-state index contributed by atoms with van der Waals surface area (Å²) in [5.74, 6) is 0. The third kappa shape index (κ3) is 1.36. The Morgan fingerprint density at radius 3 is 3.15 bits per heavy atom. The van der Waals surface area contributed by atoms with Gasteiger partial charge in [-0.1, -0.05) is 11.6 Å². The van der Waals surface area contributed by atoms with E-state index in [1.807, 2.05) is 10.5 Å². The molecule has 0 aliphatic carbocycles. The van der Waals surface area contributed by atoms with Crippen LogP contribution < -0.4 is 0 Å². The fourth-order valence-corrected chi connectivity index (χ4v) is 1.38. The maximum Gasteiger partial charge on any atom is 0.137 e. The van der Waals surface area contributed by atoms with Gasteiger partial charge in [-0.2, -0.15) is 5.26 Å². The number of nitriles is 1. The van der Waals surface area contributed by atoms with Gasteiger partial charge in [0.05, 0.1) is 29.4 Å². The highest BCUT2D eigenvalue weighted by atomic mass is 35.5. The molecule has 0 fully saturated rings. The summed E-state index contributed by atoms with van der Waals surface area (Å²) in [5.41, 5.74) is 1.68. The molecule has 0 aliphatic heterocycles. The minimum Gasteiger partial charge on any atom is -0.302 e. The molecule has 2 aromatic rings. The number of rotatable bonds is 1. The summed E-state index contributed by atoms with van der Waals surface area (Å²) in [6.07, 6.45) is 3.80. The van der Waals surface area contributed by atoms with Crippen molar-refractivity contribution in [3.8, 4) is 6.07 Å². The Morgan fingerprint density at radius 2 is 2.38 bits per heavy atom. The highest BCUT2D eigenvalue weighted by Gasteiger charge is 2.01. The van der Waals surface area contributed by atoms with Crippen LogP contribution in [0.1, 0.15) is 5.69 Å². The van der Waals surface area contributed by atoms with Gasteiger partial charge in [-0.3, -0.25) is 0 Å². The quantitative estimate of drug-likeness (QED) is 0.692. The molecule has 0 bridgehead atoms. The first-order valence-electron chi connectivity index (χ1n) is 3.79. The first-order valence-corrected chi connectivity index (χ1v) is 4.17. The topological polar surface area (TPSA) is 41.1 Å². The van der Waals surface area contributed by atoms with E-state index in [1.165, 1.54) is 0 Å². The number of pyridine rings is 1. The van der Waals surface area contributed by atoms with Crippen LogP contribution in [0.2, 0.25) is 5.02 Å². The first kappa shape index (κ1) is 8.09. The number of aromatic nitrogens is 2. The summed E-state index contributed by atoms with van der Waals surface area (Å²) >= 11 is 5.82. The summed E-state index contributed by atoms with van der Waals surface area (Å²) in [7, 11) is 0. The van der Waals surface area contributed by atoms with Crippen molar-refractivity contribution >= 4 is 17.2 Å². The summed E-state index contributed by atoms with van der Waals surface area (Å²) in [5, 5.41) is 9.19. The molecule has 0 saturated carbocycles. The van der Waals surface area contributed by atoms with E-state index in [0.29, 0.717) is 11.4 Å². The third-order valence-corrected chi connectivity index (χ3v) is 2.03. The molecule has 13 heavy (non-hydrogen) atoms. The Kier molecular flexibility index (Phi) is 1.91. The molecular weight excluding hydrogens is 186 g/mol. The molecule has 3 nitrogen and oxygen atoms in total. The molecule has 4 heteroatoms. The van der Waals surface area contributed by atoms with Gasteiger partial charge in [0.2, 0.25) is 0 Å². The smallest absolute Gasteiger partial charge is 0.137 e. The fourth-order valence-electron chi connectivity index (χ4n) is 1.22. The van der Waals surface area contributed by atoms with Gasteiger partial charge in [0.25, 0.3) is 0 Å². The molecule has 0 N–H and O–H groups in total. The van der Waals surface area contributed by atoms with E-state index in [1.54, 1.807) is 18.5 Å². The number of hydrogen-bond acceptors (Lipinski definition) is 2. The summed E-state index contributed by atoms with van der Waals surface area (Å²) in [6.45, 7) is 0. The largest absolute Gasteiger partial charge is 0.302 e. The average Bonchev–Trinajstić information content (AvgIpc) is 2.49. The molecule has 0 spiro atoms. The van der Waals surface area contributed by atoms with E-state index >= 15 is 0 Å². The van der Waals surface area contributed by atoms with Crippen molar-refractivity contribution in [2.45, 2.75) is 6.42 Å². The van der Waals surface area contributed by atoms with Crippen LogP contribution in [0.3, 0.4) is 0 Å². The Morgan fingerprint density at radius 1 is 1.54 bits per heavy atom. The molecule has 2 heterocycles. The highest BCUT2D eigenvalue weighted by Crippen LogP contribution is 2.12. The lowest BCUT2D eigenvalue weighted by Gasteiger charge is -1.96. The minimum absolute atomic E-state index is 0.349. The van der Waals surface area contributed by atoms with E-state index in [9.17, 15) is 0 Å².